The standard InChI is InChI=1S/C20H18F6N6O/c1-10-14(6-7-27-17(10)20(24,25)26)32-9-11-12(4-3-5-13(11)29-32)28-18(33)15-8-16(19(21,22)23)30-31(15)2/h6-9,12H,3-5H2,1-2H3,(H,28,33)/t12-/m0/s1. The molecule has 0 spiro atoms. The second kappa shape index (κ2) is 7.89. The first-order valence-corrected chi connectivity index (χ1v) is 9.90. The van der Waals surface area contributed by atoms with Gasteiger partial charge in [0.1, 0.15) is 11.4 Å². The van der Waals surface area contributed by atoms with Crippen LogP contribution in [0.15, 0.2) is 24.5 Å². The molecule has 0 fully saturated rings. The molecule has 1 amide bonds. The van der Waals surface area contributed by atoms with Gasteiger partial charge in [0.05, 0.1) is 17.4 Å². The quantitative estimate of drug-likeness (QED) is 0.581. The highest BCUT2D eigenvalue weighted by molar-refractivity contribution is 5.93. The van der Waals surface area contributed by atoms with Crippen molar-refractivity contribution in [2.45, 2.75) is 44.6 Å². The minimum absolute atomic E-state index is 0.0972. The van der Waals surface area contributed by atoms with E-state index in [4.69, 9.17) is 0 Å². The van der Waals surface area contributed by atoms with Crippen LogP contribution in [0.1, 0.15) is 57.6 Å². The van der Waals surface area contributed by atoms with Gasteiger partial charge < -0.3 is 5.32 Å². The van der Waals surface area contributed by atoms with E-state index in [2.05, 4.69) is 20.5 Å². The van der Waals surface area contributed by atoms with Crippen LogP contribution in [0.5, 0.6) is 0 Å². The van der Waals surface area contributed by atoms with Crippen molar-refractivity contribution in [3.8, 4) is 5.69 Å². The Bertz CT molecular complexity index is 1210. The van der Waals surface area contributed by atoms with Gasteiger partial charge in [-0.15, -0.1) is 0 Å². The molecule has 0 unspecified atom stereocenters. The molecule has 1 atom stereocenters. The van der Waals surface area contributed by atoms with Crippen LogP contribution in [0.25, 0.3) is 5.69 Å². The average Bonchev–Trinajstić information content (AvgIpc) is 3.31. The van der Waals surface area contributed by atoms with E-state index < -0.39 is 35.7 Å². The Kier molecular flexibility index (Phi) is 5.45. The minimum atomic E-state index is -4.69. The smallest absolute Gasteiger partial charge is 0.344 e. The molecular formula is C20H18F6N6O. The van der Waals surface area contributed by atoms with Crippen LogP contribution in [-0.2, 0) is 25.8 Å². The normalized spacial score (nSPS) is 16.5. The van der Waals surface area contributed by atoms with Crippen LogP contribution < -0.4 is 5.32 Å². The second-order valence-electron chi connectivity index (χ2n) is 7.73. The number of carbonyl (C=O) groups excluding carboxylic acids is 1. The van der Waals surface area contributed by atoms with Crippen molar-refractivity contribution in [2.75, 3.05) is 0 Å². The summed E-state index contributed by atoms with van der Waals surface area (Å²) in [6, 6.07) is 1.51. The number of nitrogens with zero attached hydrogens (tertiary/aromatic N) is 5. The number of fused-ring (bicyclic) bond motifs is 1. The van der Waals surface area contributed by atoms with E-state index in [9.17, 15) is 31.1 Å². The third-order valence-corrected chi connectivity index (χ3v) is 5.50. The molecule has 1 aliphatic rings. The fourth-order valence-electron chi connectivity index (χ4n) is 3.92. The maximum absolute atomic E-state index is 13.2. The monoisotopic (exact) mass is 472 g/mol. The number of hydrogen-bond donors (Lipinski definition) is 1. The van der Waals surface area contributed by atoms with Crippen molar-refractivity contribution < 1.29 is 31.1 Å². The number of aryl methyl sites for hydroxylation is 2. The maximum atomic E-state index is 13.2. The largest absolute Gasteiger partial charge is 0.435 e. The first-order valence-electron chi connectivity index (χ1n) is 9.90. The molecule has 0 bridgehead atoms. The van der Waals surface area contributed by atoms with E-state index in [1.165, 1.54) is 30.9 Å². The van der Waals surface area contributed by atoms with Crippen molar-refractivity contribution in [1.29, 1.82) is 0 Å². The zero-order chi connectivity index (χ0) is 24.1. The van der Waals surface area contributed by atoms with Gasteiger partial charge in [-0.2, -0.15) is 36.5 Å². The Morgan fingerprint density at radius 3 is 2.52 bits per heavy atom. The number of halogens is 6. The fourth-order valence-corrected chi connectivity index (χ4v) is 3.92. The second-order valence-corrected chi connectivity index (χ2v) is 7.73. The molecule has 0 aliphatic heterocycles. The molecular weight excluding hydrogens is 454 g/mol. The van der Waals surface area contributed by atoms with Gasteiger partial charge in [0, 0.05) is 36.6 Å². The topological polar surface area (TPSA) is 77.6 Å². The maximum Gasteiger partial charge on any atom is 0.435 e. The van der Waals surface area contributed by atoms with Crippen LogP contribution in [0, 0.1) is 6.92 Å². The number of amides is 1. The molecule has 1 N–H and O–H groups in total. The molecule has 3 aromatic rings. The van der Waals surface area contributed by atoms with Gasteiger partial charge >= 0.3 is 12.4 Å². The summed E-state index contributed by atoms with van der Waals surface area (Å²) in [4.78, 5) is 16.1. The highest BCUT2D eigenvalue weighted by Crippen LogP contribution is 2.34. The van der Waals surface area contributed by atoms with Gasteiger partial charge in [0.15, 0.2) is 5.69 Å². The molecule has 0 aromatic carbocycles. The molecule has 33 heavy (non-hydrogen) atoms. The zero-order valence-electron chi connectivity index (χ0n) is 17.4. The highest BCUT2D eigenvalue weighted by Gasteiger charge is 2.37. The lowest BCUT2D eigenvalue weighted by molar-refractivity contribution is -0.142. The van der Waals surface area contributed by atoms with E-state index in [0.29, 0.717) is 36.6 Å². The molecule has 0 saturated heterocycles. The van der Waals surface area contributed by atoms with Gasteiger partial charge in [-0.25, -0.2) is 4.68 Å². The first kappa shape index (κ1) is 22.8. The molecule has 3 heterocycles. The number of alkyl halides is 6. The summed E-state index contributed by atoms with van der Waals surface area (Å²) in [6.45, 7) is 1.30. The number of carbonyl (C=O) groups is 1. The molecule has 7 nitrogen and oxygen atoms in total. The van der Waals surface area contributed by atoms with E-state index >= 15 is 0 Å². The average molecular weight is 472 g/mol. The SMILES string of the molecule is Cc1c(-n2cc3c(n2)CCC[C@@H]3NC(=O)c2cc(C(F)(F)F)nn2C)ccnc1C(F)(F)F. The molecule has 3 aromatic heterocycles. The van der Waals surface area contributed by atoms with Gasteiger partial charge in [0.25, 0.3) is 5.91 Å². The van der Waals surface area contributed by atoms with Crippen LogP contribution in [0.4, 0.5) is 26.3 Å². The summed E-state index contributed by atoms with van der Waals surface area (Å²) in [5, 5.41) is 10.4. The lowest BCUT2D eigenvalue weighted by Crippen LogP contribution is -2.31. The summed E-state index contributed by atoms with van der Waals surface area (Å²) in [5.74, 6) is -0.745. The Labute approximate surface area is 183 Å². The van der Waals surface area contributed by atoms with Crippen molar-refractivity contribution >= 4 is 5.91 Å². The van der Waals surface area contributed by atoms with Gasteiger partial charge in [-0.05, 0) is 32.3 Å². The number of aromatic nitrogens is 5. The zero-order valence-corrected chi connectivity index (χ0v) is 17.4. The third-order valence-electron chi connectivity index (χ3n) is 5.50. The molecule has 1 aliphatic carbocycles. The predicted molar refractivity (Wildman–Crippen MR) is 102 cm³/mol. The van der Waals surface area contributed by atoms with Crippen molar-refractivity contribution in [3.05, 3.63) is 58.4 Å². The predicted octanol–water partition coefficient (Wildman–Crippen LogP) is 4.15. The first-order chi connectivity index (χ1) is 15.4. The summed E-state index contributed by atoms with van der Waals surface area (Å²) >= 11 is 0. The number of hydrogen-bond acceptors (Lipinski definition) is 4. The summed E-state index contributed by atoms with van der Waals surface area (Å²) in [7, 11) is 1.24. The Balaban J connectivity index is 1.63. The van der Waals surface area contributed by atoms with E-state index in [0.717, 1.165) is 10.9 Å². The van der Waals surface area contributed by atoms with Crippen molar-refractivity contribution in [1.82, 2.24) is 29.9 Å². The van der Waals surface area contributed by atoms with Gasteiger partial charge in [-0.1, -0.05) is 0 Å². The third kappa shape index (κ3) is 4.31. The summed E-state index contributed by atoms with van der Waals surface area (Å²) < 4.78 is 80.6. The van der Waals surface area contributed by atoms with Crippen LogP contribution >= 0.6 is 0 Å². The van der Waals surface area contributed by atoms with E-state index in [-0.39, 0.29) is 16.9 Å². The summed E-state index contributed by atoms with van der Waals surface area (Å²) in [6.07, 6.45) is -5.05. The fraction of sp³-hybridized carbons (Fsp3) is 0.400. The molecule has 0 saturated carbocycles. The highest BCUT2D eigenvalue weighted by atomic mass is 19.4. The lowest BCUT2D eigenvalue weighted by Gasteiger charge is -2.22. The van der Waals surface area contributed by atoms with Crippen LogP contribution in [0.3, 0.4) is 0 Å². The van der Waals surface area contributed by atoms with Crippen LogP contribution in [0.2, 0.25) is 0 Å². The summed E-state index contributed by atoms with van der Waals surface area (Å²) in [5.41, 5.74) is -1.18. The van der Waals surface area contributed by atoms with Crippen molar-refractivity contribution in [2.24, 2.45) is 7.05 Å². The molecule has 4 rings (SSSR count). The van der Waals surface area contributed by atoms with Crippen LogP contribution in [-0.4, -0.2) is 30.5 Å². The van der Waals surface area contributed by atoms with E-state index in [1.54, 1.807) is 0 Å². The van der Waals surface area contributed by atoms with Gasteiger partial charge in [0.2, 0.25) is 0 Å². The number of pyridine rings is 1. The Morgan fingerprint density at radius 1 is 1.15 bits per heavy atom. The van der Waals surface area contributed by atoms with E-state index in [1.807, 2.05) is 0 Å². The Hall–Kier alpha value is -3.38. The molecule has 176 valence electrons. The minimum Gasteiger partial charge on any atom is -0.344 e. The number of nitrogens with one attached hydrogen (secondary N) is 1. The molecule has 0 radical (unpaired) electrons. The Morgan fingerprint density at radius 2 is 1.88 bits per heavy atom. The van der Waals surface area contributed by atoms with Gasteiger partial charge in [-0.3, -0.25) is 14.5 Å². The molecule has 13 heteroatoms. The number of rotatable bonds is 3. The van der Waals surface area contributed by atoms with Crippen molar-refractivity contribution in [3.63, 3.8) is 0 Å². The lowest BCUT2D eigenvalue weighted by atomic mass is 9.93.